The molecule has 0 unspecified atom stereocenters. The van der Waals surface area contributed by atoms with Crippen molar-refractivity contribution in [1.82, 2.24) is 9.78 Å². The topological polar surface area (TPSA) is 68.0 Å². The molecular weight excluding hydrogens is 262 g/mol. The van der Waals surface area contributed by atoms with Crippen LogP contribution in [0.4, 0.5) is 0 Å². The zero-order valence-electron chi connectivity index (χ0n) is 10.8. The third-order valence-electron chi connectivity index (χ3n) is 2.69. The molecule has 1 heterocycles. The molecule has 0 aliphatic rings. The number of nitrogens with zero attached hydrogens (tertiary/aromatic N) is 2. The van der Waals surface area contributed by atoms with Crippen LogP contribution in [-0.2, 0) is 13.0 Å². The summed E-state index contributed by atoms with van der Waals surface area (Å²) in [5.41, 5.74) is 0.596. The Hall–Kier alpha value is -1.95. The van der Waals surface area contributed by atoms with Gasteiger partial charge in [0, 0.05) is 5.56 Å². The number of carbonyl (C=O) groups excluding carboxylic acids is 1. The van der Waals surface area contributed by atoms with E-state index in [0.717, 1.165) is 11.4 Å². The van der Waals surface area contributed by atoms with Gasteiger partial charge in [0.1, 0.15) is 17.3 Å². The van der Waals surface area contributed by atoms with E-state index in [0.29, 0.717) is 16.1 Å². The number of nitrogens with one attached hydrogen (secondary N) is 1. The summed E-state index contributed by atoms with van der Waals surface area (Å²) in [7, 11) is 1.58. The molecule has 0 atom stereocenters. The van der Waals surface area contributed by atoms with Crippen LogP contribution in [0.5, 0.6) is 5.75 Å². The van der Waals surface area contributed by atoms with E-state index < -0.39 is 0 Å². The average molecular weight is 277 g/mol. The van der Waals surface area contributed by atoms with Crippen molar-refractivity contribution in [3.63, 3.8) is 0 Å². The highest BCUT2D eigenvalue weighted by molar-refractivity contribution is 7.08. The van der Waals surface area contributed by atoms with Gasteiger partial charge in [-0.05, 0) is 30.7 Å². The predicted octanol–water partition coefficient (Wildman–Crippen LogP) is 1.88. The molecule has 2 aromatic rings. The molecular formula is C13H15N3O2S. The van der Waals surface area contributed by atoms with E-state index in [1.165, 1.54) is 16.0 Å². The van der Waals surface area contributed by atoms with E-state index >= 15 is 0 Å². The molecule has 0 saturated heterocycles. The van der Waals surface area contributed by atoms with Crippen LogP contribution in [0.3, 0.4) is 0 Å². The minimum Gasteiger partial charge on any atom is -0.497 e. The Balaban J connectivity index is 2.15. The highest BCUT2D eigenvalue weighted by Crippen LogP contribution is 2.12. The van der Waals surface area contributed by atoms with Gasteiger partial charge in [-0.3, -0.25) is 10.2 Å². The van der Waals surface area contributed by atoms with Crippen LogP contribution in [0.15, 0.2) is 24.3 Å². The fourth-order valence-corrected chi connectivity index (χ4v) is 2.34. The van der Waals surface area contributed by atoms with Crippen molar-refractivity contribution in [3.8, 4) is 5.75 Å². The molecule has 0 saturated carbocycles. The summed E-state index contributed by atoms with van der Waals surface area (Å²) in [4.78, 5) is 12.4. The van der Waals surface area contributed by atoms with Gasteiger partial charge in [0.15, 0.2) is 5.78 Å². The third kappa shape index (κ3) is 3.08. The molecule has 2 rings (SSSR count). The monoisotopic (exact) mass is 277 g/mol. The molecule has 1 aromatic heterocycles. The van der Waals surface area contributed by atoms with Gasteiger partial charge in [-0.15, -0.1) is 0 Å². The van der Waals surface area contributed by atoms with Gasteiger partial charge < -0.3 is 4.74 Å². The summed E-state index contributed by atoms with van der Waals surface area (Å²) in [6.07, 6.45) is 0.778. The van der Waals surface area contributed by atoms with E-state index in [1.807, 2.05) is 6.92 Å². The van der Waals surface area contributed by atoms with Crippen molar-refractivity contribution in [2.45, 2.75) is 19.9 Å². The Labute approximate surface area is 115 Å². The molecule has 0 amide bonds. The van der Waals surface area contributed by atoms with E-state index in [4.69, 9.17) is 10.1 Å². The number of aryl methyl sites for hydroxylation is 1. The lowest BCUT2D eigenvalue weighted by Gasteiger charge is -2.03. The molecule has 5 nitrogen and oxygen atoms in total. The maximum absolute atomic E-state index is 12.1. The van der Waals surface area contributed by atoms with Gasteiger partial charge >= 0.3 is 0 Å². The summed E-state index contributed by atoms with van der Waals surface area (Å²) >= 11 is 1.30. The zero-order valence-corrected chi connectivity index (χ0v) is 11.7. The van der Waals surface area contributed by atoms with Crippen LogP contribution in [-0.4, -0.2) is 22.7 Å². The lowest BCUT2D eigenvalue weighted by Crippen LogP contribution is -2.21. The van der Waals surface area contributed by atoms with Gasteiger partial charge in [0.25, 0.3) is 0 Å². The van der Waals surface area contributed by atoms with Crippen molar-refractivity contribution >= 4 is 17.1 Å². The highest BCUT2D eigenvalue weighted by atomic mass is 32.1. The standard InChI is InChI=1S/C13H15N3O2S/c1-3-12-15-16(13(14)19-12)8-11(17)9-4-6-10(18-2)7-5-9/h4-7,14H,3,8H2,1-2H3. The molecule has 0 aliphatic heterocycles. The minimum atomic E-state index is -0.0610. The van der Waals surface area contributed by atoms with Gasteiger partial charge in [-0.1, -0.05) is 18.3 Å². The molecule has 0 aliphatic carbocycles. The number of methoxy groups -OCH3 is 1. The number of carbonyl (C=O) groups is 1. The molecule has 0 spiro atoms. The second kappa shape index (κ2) is 5.79. The van der Waals surface area contributed by atoms with Crippen LogP contribution >= 0.6 is 11.3 Å². The number of ether oxygens (including phenoxy) is 1. The number of hydrogen-bond donors (Lipinski definition) is 1. The third-order valence-corrected chi connectivity index (χ3v) is 3.70. The summed E-state index contributed by atoms with van der Waals surface area (Å²) in [5, 5.41) is 12.9. The fraction of sp³-hybridized carbons (Fsp3) is 0.308. The van der Waals surface area contributed by atoms with Crippen molar-refractivity contribution < 1.29 is 9.53 Å². The molecule has 0 fully saturated rings. The fourth-order valence-electron chi connectivity index (χ4n) is 1.62. The summed E-state index contributed by atoms with van der Waals surface area (Å²) in [5.74, 6) is 0.654. The Morgan fingerprint density at radius 2 is 2.11 bits per heavy atom. The van der Waals surface area contributed by atoms with Crippen molar-refractivity contribution in [2.75, 3.05) is 7.11 Å². The molecule has 6 heteroatoms. The van der Waals surface area contributed by atoms with E-state index in [9.17, 15) is 4.79 Å². The highest BCUT2D eigenvalue weighted by Gasteiger charge is 2.10. The Morgan fingerprint density at radius 1 is 1.42 bits per heavy atom. The number of hydrogen-bond acceptors (Lipinski definition) is 5. The zero-order chi connectivity index (χ0) is 13.8. The number of benzene rings is 1. The van der Waals surface area contributed by atoms with Crippen LogP contribution < -0.4 is 9.54 Å². The van der Waals surface area contributed by atoms with Crippen LogP contribution in [0.25, 0.3) is 0 Å². The first kappa shape index (κ1) is 13.5. The molecule has 0 radical (unpaired) electrons. The summed E-state index contributed by atoms with van der Waals surface area (Å²) in [6.45, 7) is 2.08. The minimum absolute atomic E-state index is 0.0610. The molecule has 1 N–H and O–H groups in total. The van der Waals surface area contributed by atoms with Crippen molar-refractivity contribution in [3.05, 3.63) is 39.6 Å². The second-order valence-electron chi connectivity index (χ2n) is 3.96. The number of Topliss-reactive ketones (excluding diaryl/α,β-unsaturated/α-hetero) is 1. The summed E-state index contributed by atoms with van der Waals surface area (Å²) in [6, 6.07) is 6.94. The van der Waals surface area contributed by atoms with Gasteiger partial charge in [-0.2, -0.15) is 5.10 Å². The normalized spacial score (nSPS) is 10.4. The lowest BCUT2D eigenvalue weighted by atomic mass is 10.1. The van der Waals surface area contributed by atoms with Gasteiger partial charge in [-0.25, -0.2) is 4.68 Å². The van der Waals surface area contributed by atoms with Crippen LogP contribution in [0.1, 0.15) is 22.3 Å². The predicted molar refractivity (Wildman–Crippen MR) is 72.7 cm³/mol. The number of rotatable bonds is 5. The Kier molecular flexibility index (Phi) is 4.11. The van der Waals surface area contributed by atoms with Gasteiger partial charge in [0.2, 0.25) is 4.80 Å². The smallest absolute Gasteiger partial charge is 0.200 e. The quantitative estimate of drug-likeness (QED) is 0.848. The van der Waals surface area contributed by atoms with E-state index in [1.54, 1.807) is 31.4 Å². The Morgan fingerprint density at radius 3 is 2.63 bits per heavy atom. The Bertz CT molecular complexity index is 628. The average Bonchev–Trinajstić information content (AvgIpc) is 2.79. The SMILES string of the molecule is CCc1nn(CC(=O)c2ccc(OC)cc2)c(=N)s1. The molecule has 0 bridgehead atoms. The summed E-state index contributed by atoms with van der Waals surface area (Å²) < 4.78 is 6.49. The maximum atomic E-state index is 12.1. The van der Waals surface area contributed by atoms with Crippen molar-refractivity contribution in [1.29, 1.82) is 5.41 Å². The first-order valence-corrected chi connectivity index (χ1v) is 6.74. The van der Waals surface area contributed by atoms with E-state index in [-0.39, 0.29) is 12.3 Å². The number of ketones is 1. The molecule has 19 heavy (non-hydrogen) atoms. The first-order chi connectivity index (χ1) is 9.13. The lowest BCUT2D eigenvalue weighted by molar-refractivity contribution is 0.0966. The van der Waals surface area contributed by atoms with Crippen molar-refractivity contribution in [2.24, 2.45) is 0 Å². The van der Waals surface area contributed by atoms with Crippen LogP contribution in [0.2, 0.25) is 0 Å². The van der Waals surface area contributed by atoms with Crippen LogP contribution in [0, 0.1) is 5.41 Å². The second-order valence-corrected chi connectivity index (χ2v) is 5.03. The van der Waals surface area contributed by atoms with E-state index in [2.05, 4.69) is 5.10 Å². The molecule has 1 aromatic carbocycles. The number of aromatic nitrogens is 2. The maximum Gasteiger partial charge on any atom is 0.200 e. The first-order valence-electron chi connectivity index (χ1n) is 5.92. The molecule has 100 valence electrons. The largest absolute Gasteiger partial charge is 0.497 e. The van der Waals surface area contributed by atoms with Gasteiger partial charge in [0.05, 0.1) is 7.11 Å².